The zero-order valence-corrected chi connectivity index (χ0v) is 15.6. The highest BCUT2D eigenvalue weighted by Crippen LogP contribution is 2.40. The number of hydrogen-bond donors (Lipinski definition) is 1. The zero-order chi connectivity index (χ0) is 19.5. The van der Waals surface area contributed by atoms with Gasteiger partial charge in [0.25, 0.3) is 0 Å². The maximum Gasteiger partial charge on any atom is 0.231 e. The van der Waals surface area contributed by atoms with Crippen LogP contribution in [0, 0.1) is 11.3 Å². The van der Waals surface area contributed by atoms with Crippen LogP contribution >= 0.6 is 11.8 Å². The minimum absolute atomic E-state index is 0.0603. The monoisotopic (exact) mass is 392 g/mol. The molecule has 2 heterocycles. The summed E-state index contributed by atoms with van der Waals surface area (Å²) in [5.41, 5.74) is 1.86. The Balaban J connectivity index is 1.59. The lowest BCUT2D eigenvalue weighted by Crippen LogP contribution is -2.31. The fourth-order valence-electron chi connectivity index (χ4n) is 3.19. The van der Waals surface area contributed by atoms with Crippen molar-refractivity contribution in [2.24, 2.45) is 0 Å². The van der Waals surface area contributed by atoms with Crippen molar-refractivity contribution in [3.05, 3.63) is 70.3 Å². The molecular weight excluding hydrogens is 376 g/mol. The summed E-state index contributed by atoms with van der Waals surface area (Å²) in [6.45, 7) is 0.160. The van der Waals surface area contributed by atoms with Crippen LogP contribution in [-0.2, 0) is 4.79 Å². The molecule has 28 heavy (non-hydrogen) atoms. The number of allylic oxidation sites excluding steroid dienone is 1. The average Bonchev–Trinajstić information content (AvgIpc) is 3.20. The summed E-state index contributed by atoms with van der Waals surface area (Å²) in [7, 11) is 0. The van der Waals surface area contributed by atoms with Gasteiger partial charge < -0.3 is 14.8 Å². The van der Waals surface area contributed by atoms with Crippen LogP contribution in [0.1, 0.15) is 28.3 Å². The van der Waals surface area contributed by atoms with Gasteiger partial charge in [0.05, 0.1) is 22.4 Å². The summed E-state index contributed by atoms with van der Waals surface area (Å²) in [6.07, 6.45) is 0.166. The second-order valence-corrected chi connectivity index (χ2v) is 7.34. The van der Waals surface area contributed by atoms with Gasteiger partial charge in [0.1, 0.15) is 0 Å². The first kappa shape index (κ1) is 18.1. The van der Waals surface area contributed by atoms with E-state index in [1.165, 1.54) is 11.8 Å². The highest BCUT2D eigenvalue weighted by atomic mass is 32.2. The van der Waals surface area contributed by atoms with Crippen LogP contribution in [0.15, 0.2) is 59.1 Å². The lowest BCUT2D eigenvalue weighted by atomic mass is 9.87. The van der Waals surface area contributed by atoms with E-state index in [1.54, 1.807) is 36.4 Å². The smallest absolute Gasteiger partial charge is 0.231 e. The van der Waals surface area contributed by atoms with Gasteiger partial charge in [-0.3, -0.25) is 9.59 Å². The van der Waals surface area contributed by atoms with Crippen LogP contribution in [0.5, 0.6) is 11.5 Å². The van der Waals surface area contributed by atoms with Crippen molar-refractivity contribution in [3.8, 4) is 17.6 Å². The topological polar surface area (TPSA) is 88.4 Å². The van der Waals surface area contributed by atoms with E-state index in [2.05, 4.69) is 11.4 Å². The highest BCUT2D eigenvalue weighted by Gasteiger charge is 2.31. The predicted octanol–water partition coefficient (Wildman–Crippen LogP) is 3.37. The SMILES string of the molecule is N#CC1=C(SCC(=O)c2ccccc2)NC(=O)CC1c1ccc2c(c1)OCO2. The largest absolute Gasteiger partial charge is 0.454 e. The summed E-state index contributed by atoms with van der Waals surface area (Å²) < 4.78 is 10.7. The van der Waals surface area contributed by atoms with E-state index in [1.807, 2.05) is 12.1 Å². The molecule has 1 amide bonds. The lowest BCUT2D eigenvalue weighted by Gasteiger charge is -2.25. The average molecular weight is 392 g/mol. The van der Waals surface area contributed by atoms with E-state index < -0.39 is 0 Å². The molecule has 0 aliphatic carbocycles. The Kier molecular flexibility index (Phi) is 5.04. The number of nitriles is 1. The Labute approximate surface area is 166 Å². The molecule has 0 aromatic heterocycles. The van der Waals surface area contributed by atoms with Crippen LogP contribution in [-0.4, -0.2) is 24.2 Å². The quantitative estimate of drug-likeness (QED) is 0.785. The molecule has 2 aliphatic rings. The van der Waals surface area contributed by atoms with Gasteiger partial charge in [0, 0.05) is 17.9 Å². The van der Waals surface area contributed by atoms with Crippen molar-refractivity contribution >= 4 is 23.5 Å². The van der Waals surface area contributed by atoms with Crippen molar-refractivity contribution < 1.29 is 19.1 Å². The first-order valence-corrected chi connectivity index (χ1v) is 9.69. The molecule has 140 valence electrons. The maximum absolute atomic E-state index is 12.4. The number of carbonyl (C=O) groups is 2. The van der Waals surface area contributed by atoms with Gasteiger partial charge in [-0.15, -0.1) is 0 Å². The van der Waals surface area contributed by atoms with Crippen molar-refractivity contribution in [1.82, 2.24) is 5.32 Å². The molecule has 1 N–H and O–H groups in total. The molecular formula is C21H16N2O4S. The number of amides is 1. The first-order chi connectivity index (χ1) is 13.7. The molecule has 0 bridgehead atoms. The predicted molar refractivity (Wildman–Crippen MR) is 104 cm³/mol. The van der Waals surface area contributed by atoms with Crippen LogP contribution in [0.4, 0.5) is 0 Å². The summed E-state index contributed by atoms with van der Waals surface area (Å²) in [5.74, 6) is 0.760. The molecule has 1 atom stereocenters. The van der Waals surface area contributed by atoms with Gasteiger partial charge in [-0.2, -0.15) is 5.26 Å². The number of fused-ring (bicyclic) bond motifs is 1. The number of ketones is 1. The molecule has 0 saturated heterocycles. The number of Topliss-reactive ketones (excluding diaryl/α,β-unsaturated/α-hetero) is 1. The van der Waals surface area contributed by atoms with E-state index >= 15 is 0 Å². The van der Waals surface area contributed by atoms with E-state index in [0.717, 1.165) is 5.56 Å². The van der Waals surface area contributed by atoms with Crippen LogP contribution < -0.4 is 14.8 Å². The molecule has 4 rings (SSSR count). The maximum atomic E-state index is 12.4. The second-order valence-electron chi connectivity index (χ2n) is 6.35. The van der Waals surface area contributed by atoms with Crippen molar-refractivity contribution in [3.63, 3.8) is 0 Å². The zero-order valence-electron chi connectivity index (χ0n) is 14.8. The highest BCUT2D eigenvalue weighted by molar-refractivity contribution is 8.03. The number of ether oxygens (including phenoxy) is 2. The summed E-state index contributed by atoms with van der Waals surface area (Å²) >= 11 is 1.18. The van der Waals surface area contributed by atoms with Crippen molar-refractivity contribution in [2.45, 2.75) is 12.3 Å². The van der Waals surface area contributed by atoms with E-state index in [9.17, 15) is 14.9 Å². The number of hydrogen-bond acceptors (Lipinski definition) is 6. The number of rotatable bonds is 5. The third-order valence-corrected chi connectivity index (χ3v) is 5.62. The fraction of sp³-hybridized carbons (Fsp3) is 0.190. The van der Waals surface area contributed by atoms with E-state index in [0.29, 0.717) is 27.7 Å². The normalized spacial score (nSPS) is 17.8. The molecule has 0 fully saturated rings. The van der Waals surface area contributed by atoms with Crippen LogP contribution in [0.2, 0.25) is 0 Å². The van der Waals surface area contributed by atoms with Gasteiger partial charge in [-0.1, -0.05) is 48.2 Å². The number of nitrogens with one attached hydrogen (secondary N) is 1. The number of carbonyl (C=O) groups excluding carboxylic acids is 2. The Morgan fingerprint density at radius 2 is 1.96 bits per heavy atom. The third-order valence-electron chi connectivity index (χ3n) is 4.60. The van der Waals surface area contributed by atoms with Crippen LogP contribution in [0.25, 0.3) is 0 Å². The van der Waals surface area contributed by atoms with Crippen molar-refractivity contribution in [2.75, 3.05) is 12.5 Å². The Hall–Kier alpha value is -3.24. The minimum atomic E-state index is -0.387. The molecule has 0 spiro atoms. The Bertz CT molecular complexity index is 1010. The molecule has 0 saturated carbocycles. The summed E-state index contributed by atoms with van der Waals surface area (Å²) in [4.78, 5) is 24.6. The molecule has 0 radical (unpaired) electrons. The molecule has 1 unspecified atom stereocenters. The first-order valence-electron chi connectivity index (χ1n) is 8.70. The standard InChI is InChI=1S/C21H16N2O4S/c22-10-16-15(14-6-7-18-19(8-14)27-12-26-18)9-20(25)23-21(16)28-11-17(24)13-4-2-1-3-5-13/h1-8,15H,9,11-12H2,(H,23,25). The van der Waals surface area contributed by atoms with E-state index in [4.69, 9.17) is 9.47 Å². The van der Waals surface area contributed by atoms with Gasteiger partial charge in [0.15, 0.2) is 17.3 Å². The van der Waals surface area contributed by atoms with Gasteiger partial charge in [0.2, 0.25) is 12.7 Å². The molecule has 7 heteroatoms. The third kappa shape index (κ3) is 3.59. The van der Waals surface area contributed by atoms with Gasteiger partial charge in [-0.25, -0.2) is 0 Å². The Morgan fingerprint density at radius 3 is 2.75 bits per heavy atom. The summed E-state index contributed by atoms with van der Waals surface area (Å²) in [6, 6.07) is 16.6. The van der Waals surface area contributed by atoms with Gasteiger partial charge >= 0.3 is 0 Å². The molecule has 2 aromatic rings. The molecule has 2 aromatic carbocycles. The number of nitrogens with zero attached hydrogens (tertiary/aromatic N) is 1. The molecule has 6 nitrogen and oxygen atoms in total. The van der Waals surface area contributed by atoms with Crippen LogP contribution in [0.3, 0.4) is 0 Å². The minimum Gasteiger partial charge on any atom is -0.454 e. The summed E-state index contributed by atoms with van der Waals surface area (Å²) in [5, 5.41) is 12.9. The van der Waals surface area contributed by atoms with E-state index in [-0.39, 0.29) is 36.6 Å². The Morgan fingerprint density at radius 1 is 1.18 bits per heavy atom. The number of benzene rings is 2. The second kappa shape index (κ2) is 7.79. The van der Waals surface area contributed by atoms with Gasteiger partial charge in [-0.05, 0) is 17.7 Å². The fourth-order valence-corrected chi connectivity index (χ4v) is 4.16. The lowest BCUT2D eigenvalue weighted by molar-refractivity contribution is -0.120. The molecule has 2 aliphatic heterocycles. The van der Waals surface area contributed by atoms with Crippen molar-refractivity contribution in [1.29, 1.82) is 5.26 Å². The number of thioether (sulfide) groups is 1.